The molecular formula is C39H51NO11S2. The summed E-state index contributed by atoms with van der Waals surface area (Å²) >= 11 is 0. The summed E-state index contributed by atoms with van der Waals surface area (Å²) in [5.74, 6) is -1.72. The minimum Gasteiger partial charge on any atom is -0.459 e. The van der Waals surface area contributed by atoms with Crippen LogP contribution in [0.4, 0.5) is 0 Å². The second-order valence-electron chi connectivity index (χ2n) is 15.0. The Morgan fingerprint density at radius 3 is 1.96 bits per heavy atom. The zero-order chi connectivity index (χ0) is 38.8. The normalized spacial score (nSPS) is 22.7. The summed E-state index contributed by atoms with van der Waals surface area (Å²) in [6.45, 7) is 12.2. The lowest BCUT2D eigenvalue weighted by Crippen LogP contribution is -2.47. The molecule has 0 N–H and O–H groups in total. The summed E-state index contributed by atoms with van der Waals surface area (Å²) in [5, 5.41) is 0. The maximum absolute atomic E-state index is 14.5. The second kappa shape index (κ2) is 16.3. The van der Waals surface area contributed by atoms with Crippen LogP contribution in [0.15, 0.2) is 88.7 Å². The summed E-state index contributed by atoms with van der Waals surface area (Å²) in [4.78, 5) is 14.1. The van der Waals surface area contributed by atoms with Crippen molar-refractivity contribution >= 4 is 26.1 Å². The number of ether oxygens (including phenoxy) is 5. The number of rotatable bonds is 15. The highest BCUT2D eigenvalue weighted by atomic mass is 32.2. The van der Waals surface area contributed by atoms with E-state index in [1.165, 1.54) is 31.4 Å². The first-order valence-corrected chi connectivity index (χ1v) is 20.5. The smallest absolute Gasteiger partial charge is 0.324 e. The van der Waals surface area contributed by atoms with Crippen LogP contribution in [0.1, 0.15) is 70.6 Å². The third-order valence-corrected chi connectivity index (χ3v) is 12.2. The molecule has 0 amide bonds. The Balaban J connectivity index is 1.53. The van der Waals surface area contributed by atoms with Crippen LogP contribution in [-0.2, 0) is 59.3 Å². The van der Waals surface area contributed by atoms with E-state index >= 15 is 0 Å². The minimum absolute atomic E-state index is 0.000611. The van der Waals surface area contributed by atoms with Crippen LogP contribution in [-0.4, -0.2) is 82.4 Å². The van der Waals surface area contributed by atoms with E-state index in [0.717, 1.165) is 15.4 Å². The molecule has 3 aromatic rings. The van der Waals surface area contributed by atoms with Gasteiger partial charge in [-0.3, -0.25) is 8.98 Å². The molecule has 0 aromatic heterocycles. The Bertz CT molecular complexity index is 1910. The summed E-state index contributed by atoms with van der Waals surface area (Å²) in [6.07, 6.45) is -4.03. The lowest BCUT2D eigenvalue weighted by atomic mass is 9.99. The fourth-order valence-corrected chi connectivity index (χ4v) is 9.20. The molecule has 53 heavy (non-hydrogen) atoms. The van der Waals surface area contributed by atoms with Gasteiger partial charge in [0, 0.05) is 20.1 Å². The molecule has 5 rings (SSSR count). The Kier molecular flexibility index (Phi) is 12.6. The molecular weight excluding hydrogens is 723 g/mol. The van der Waals surface area contributed by atoms with E-state index in [9.17, 15) is 21.6 Å². The Hall–Kier alpha value is -3.21. The van der Waals surface area contributed by atoms with Crippen molar-refractivity contribution in [3.05, 3.63) is 95.6 Å². The highest BCUT2D eigenvalue weighted by Gasteiger charge is 2.56. The number of carbonyl (C=O) groups is 1. The maximum Gasteiger partial charge on any atom is 0.324 e. The van der Waals surface area contributed by atoms with Crippen LogP contribution in [0.2, 0.25) is 0 Å². The third-order valence-electron chi connectivity index (χ3n) is 9.00. The molecule has 2 aliphatic rings. The predicted octanol–water partition coefficient (Wildman–Crippen LogP) is 6.04. The number of aryl methyl sites for hydroxylation is 2. The largest absolute Gasteiger partial charge is 0.459 e. The molecule has 2 heterocycles. The fourth-order valence-electron chi connectivity index (χ4n) is 6.49. The minimum atomic E-state index is -4.33. The van der Waals surface area contributed by atoms with Crippen molar-refractivity contribution in [2.75, 3.05) is 7.11 Å². The van der Waals surface area contributed by atoms with E-state index in [0.29, 0.717) is 5.56 Å². The molecule has 0 spiro atoms. The van der Waals surface area contributed by atoms with Gasteiger partial charge in [-0.25, -0.2) is 8.42 Å². The molecule has 2 aliphatic heterocycles. The number of methoxy groups -OCH3 is 1. The molecule has 0 radical (unpaired) electrons. The van der Waals surface area contributed by atoms with Gasteiger partial charge in [-0.15, -0.1) is 0 Å². The van der Waals surface area contributed by atoms with Crippen LogP contribution in [0, 0.1) is 13.8 Å². The Labute approximate surface area is 313 Å². The number of sulfonamides is 1. The first-order chi connectivity index (χ1) is 24.8. The summed E-state index contributed by atoms with van der Waals surface area (Å²) in [5.41, 5.74) is 1.42. The number of nitrogens with zero attached hydrogens (tertiary/aromatic N) is 1. The zero-order valence-corrected chi connectivity index (χ0v) is 33.2. The zero-order valence-electron chi connectivity index (χ0n) is 31.6. The van der Waals surface area contributed by atoms with Gasteiger partial charge in [-0.2, -0.15) is 12.7 Å². The average molecular weight is 774 g/mol. The van der Waals surface area contributed by atoms with Gasteiger partial charge in [0.1, 0.15) is 23.9 Å². The molecule has 14 heteroatoms. The number of fused-ring (bicyclic) bond motifs is 1. The van der Waals surface area contributed by atoms with Crippen molar-refractivity contribution in [3.8, 4) is 0 Å². The van der Waals surface area contributed by atoms with Crippen LogP contribution in [0.25, 0.3) is 0 Å². The molecule has 2 fully saturated rings. The van der Waals surface area contributed by atoms with Crippen molar-refractivity contribution < 1.29 is 49.5 Å². The molecule has 290 valence electrons. The fraction of sp³-hybridized carbons (Fsp3) is 0.513. The van der Waals surface area contributed by atoms with Crippen molar-refractivity contribution in [2.45, 2.75) is 132 Å². The number of carbonyl (C=O) groups excluding carboxylic acids is 1. The lowest BCUT2D eigenvalue weighted by molar-refractivity contribution is -0.229. The van der Waals surface area contributed by atoms with Gasteiger partial charge < -0.3 is 23.7 Å². The molecule has 0 bridgehead atoms. The van der Waals surface area contributed by atoms with Crippen LogP contribution >= 0.6 is 0 Å². The van der Waals surface area contributed by atoms with Gasteiger partial charge in [0.15, 0.2) is 12.1 Å². The van der Waals surface area contributed by atoms with Gasteiger partial charge in [0.2, 0.25) is 10.0 Å². The maximum atomic E-state index is 14.5. The van der Waals surface area contributed by atoms with Crippen LogP contribution < -0.4 is 0 Å². The molecule has 12 nitrogen and oxygen atoms in total. The molecule has 3 aromatic carbocycles. The summed E-state index contributed by atoms with van der Waals surface area (Å²) in [7, 11) is -7.16. The van der Waals surface area contributed by atoms with E-state index in [4.69, 9.17) is 27.9 Å². The standard InChI is InChI=1S/C39H51NO11S2/c1-26-14-19-30(20-15-26)52(42,43)40(25-28-12-10-9-11-13-28)32(36(41)50-38(3,4)5)23-18-29(51-53(44,45)31-21-16-27(2)17-22-31)24-33-34-35(37(46-8)47-33)49-39(6,7)48-34/h9-17,19-22,29,32-35,37H,18,23-25H2,1-8H3/t29-,32+,33-,34-,35-,37-/m1/s1. The molecule has 2 saturated heterocycles. The molecule has 0 aliphatic carbocycles. The summed E-state index contributed by atoms with van der Waals surface area (Å²) < 4.78 is 93.4. The number of hydrogen-bond donors (Lipinski definition) is 0. The van der Waals surface area contributed by atoms with Crippen molar-refractivity contribution in [1.82, 2.24) is 4.31 Å². The van der Waals surface area contributed by atoms with Gasteiger partial charge in [-0.05, 0) is 91.1 Å². The number of esters is 1. The quantitative estimate of drug-likeness (QED) is 0.132. The molecule has 0 saturated carbocycles. The second-order valence-corrected chi connectivity index (χ2v) is 18.5. The summed E-state index contributed by atoms with van der Waals surface area (Å²) in [6, 6.07) is 20.2. The first-order valence-electron chi connectivity index (χ1n) is 17.7. The van der Waals surface area contributed by atoms with Crippen LogP contribution in [0.3, 0.4) is 0 Å². The van der Waals surface area contributed by atoms with Crippen LogP contribution in [0.5, 0.6) is 0 Å². The van der Waals surface area contributed by atoms with E-state index in [1.807, 2.05) is 19.9 Å². The molecule has 0 unspecified atom stereocenters. The molecule has 6 atom stereocenters. The van der Waals surface area contributed by atoms with Crippen molar-refractivity contribution in [1.29, 1.82) is 0 Å². The Morgan fingerprint density at radius 1 is 0.830 bits per heavy atom. The predicted molar refractivity (Wildman–Crippen MR) is 197 cm³/mol. The highest BCUT2D eigenvalue weighted by molar-refractivity contribution is 7.89. The average Bonchev–Trinajstić information content (AvgIpc) is 3.56. The topological polar surface area (TPSA) is 144 Å². The van der Waals surface area contributed by atoms with Crippen molar-refractivity contribution in [2.24, 2.45) is 0 Å². The van der Waals surface area contributed by atoms with E-state index in [2.05, 4.69) is 0 Å². The van der Waals surface area contributed by atoms with E-state index in [1.54, 1.807) is 83.1 Å². The van der Waals surface area contributed by atoms with Crippen molar-refractivity contribution in [3.63, 3.8) is 0 Å². The van der Waals surface area contributed by atoms with Gasteiger partial charge in [0.25, 0.3) is 10.1 Å². The van der Waals surface area contributed by atoms with E-state index < -0.39 is 74.2 Å². The van der Waals surface area contributed by atoms with Gasteiger partial charge in [0.05, 0.1) is 22.0 Å². The number of hydrogen-bond acceptors (Lipinski definition) is 11. The lowest BCUT2D eigenvalue weighted by Gasteiger charge is -2.33. The van der Waals surface area contributed by atoms with E-state index in [-0.39, 0.29) is 35.6 Å². The van der Waals surface area contributed by atoms with Gasteiger partial charge in [-0.1, -0.05) is 65.7 Å². The van der Waals surface area contributed by atoms with Gasteiger partial charge >= 0.3 is 5.97 Å². The Morgan fingerprint density at radius 2 is 1.40 bits per heavy atom. The monoisotopic (exact) mass is 773 g/mol. The number of benzene rings is 3. The third kappa shape index (κ3) is 10.3. The highest BCUT2D eigenvalue weighted by Crippen LogP contribution is 2.41. The first kappa shape index (κ1) is 41.0. The SMILES string of the molecule is CO[C@@H]1O[C@H](C[C@@H](CC[C@@H](C(=O)OC(C)(C)C)N(Cc2ccccc2)S(=O)(=O)c2ccc(C)cc2)OS(=O)(=O)c2ccc(C)cc2)[C@H]2OC(C)(C)O[C@@H]12.